The van der Waals surface area contributed by atoms with Crippen LogP contribution in [0.2, 0.25) is 0 Å². The van der Waals surface area contributed by atoms with E-state index in [-0.39, 0.29) is 4.62 Å². The van der Waals surface area contributed by atoms with Crippen LogP contribution in [0.25, 0.3) is 0 Å². The molecule has 0 radical (unpaired) electrons. The average Bonchev–Trinajstić information content (AvgIpc) is 2.79. The van der Waals surface area contributed by atoms with Gasteiger partial charge in [0.2, 0.25) is 0 Å². The molecule has 3 aromatic rings. The second kappa shape index (κ2) is 9.89. The molecule has 0 unspecified atom stereocenters. The van der Waals surface area contributed by atoms with Crippen LogP contribution < -0.4 is 15.4 Å². The Morgan fingerprint density at radius 2 is 1.74 bits per heavy atom. The van der Waals surface area contributed by atoms with E-state index in [4.69, 9.17) is 15.9 Å². The second-order valence-electron chi connectivity index (χ2n) is 7.46. The molecule has 8 heteroatoms. The number of hydrogen-bond acceptors (Lipinski definition) is 7. The number of piperazine rings is 1. The van der Waals surface area contributed by atoms with Crippen molar-refractivity contribution in [3.63, 3.8) is 0 Å². The first-order valence-corrected chi connectivity index (χ1v) is 11.0. The summed E-state index contributed by atoms with van der Waals surface area (Å²) in [5, 5.41) is 7.94. The molecular weight excluding hydrogens is 456 g/mol. The van der Waals surface area contributed by atoms with E-state index in [0.29, 0.717) is 23.8 Å². The van der Waals surface area contributed by atoms with Crippen molar-refractivity contribution < 1.29 is 4.74 Å². The Hall–Kier alpha value is -2.97. The van der Waals surface area contributed by atoms with Gasteiger partial charge in [0, 0.05) is 32.7 Å². The number of halogens is 1. The molecule has 4 rings (SSSR count). The molecule has 7 nitrogen and oxygen atoms in total. The van der Waals surface area contributed by atoms with E-state index in [1.807, 2.05) is 30.3 Å². The highest BCUT2D eigenvalue weighted by molar-refractivity contribution is 9.18. The molecule has 1 saturated heterocycles. The van der Waals surface area contributed by atoms with Gasteiger partial charge in [-0.25, -0.2) is 9.97 Å². The highest BCUT2D eigenvalue weighted by Crippen LogP contribution is 2.25. The number of rotatable bonds is 7. The molecular formula is C23H25BrN6O. The van der Waals surface area contributed by atoms with Crippen LogP contribution in [-0.4, -0.2) is 45.7 Å². The lowest BCUT2D eigenvalue weighted by molar-refractivity contribution is 0.248. The van der Waals surface area contributed by atoms with Gasteiger partial charge in [0.25, 0.3) is 0 Å². The van der Waals surface area contributed by atoms with Gasteiger partial charge in [-0.15, -0.1) is 0 Å². The van der Waals surface area contributed by atoms with E-state index in [2.05, 4.69) is 60.0 Å². The minimum absolute atomic E-state index is 0.204. The van der Waals surface area contributed by atoms with Crippen LogP contribution in [0, 0.1) is 5.41 Å². The summed E-state index contributed by atoms with van der Waals surface area (Å²) in [6, 6.07) is 18.5. The average molecular weight is 481 g/mol. The third kappa shape index (κ3) is 5.39. The topological polar surface area (TPSA) is 91.4 Å². The number of hydrogen-bond donors (Lipinski definition) is 2. The van der Waals surface area contributed by atoms with Gasteiger partial charge < -0.3 is 15.4 Å². The molecule has 0 aliphatic carbocycles. The maximum absolute atomic E-state index is 7.94. The Kier molecular flexibility index (Phi) is 6.79. The van der Waals surface area contributed by atoms with Crippen molar-refractivity contribution >= 4 is 32.2 Å². The third-order valence-electron chi connectivity index (χ3n) is 5.30. The molecule has 1 fully saturated rings. The van der Waals surface area contributed by atoms with Crippen LogP contribution in [0.1, 0.15) is 16.7 Å². The van der Waals surface area contributed by atoms with E-state index >= 15 is 0 Å². The predicted octanol–water partition coefficient (Wildman–Crippen LogP) is 3.68. The normalized spacial score (nSPS) is 14.4. The zero-order valence-corrected chi connectivity index (χ0v) is 18.8. The van der Waals surface area contributed by atoms with Gasteiger partial charge in [-0.3, -0.25) is 10.3 Å². The van der Waals surface area contributed by atoms with Crippen LogP contribution in [0.4, 0.5) is 11.6 Å². The summed E-state index contributed by atoms with van der Waals surface area (Å²) in [5.74, 6) is 1.92. The van der Waals surface area contributed by atoms with Crippen molar-refractivity contribution in [1.82, 2.24) is 14.9 Å². The molecule has 31 heavy (non-hydrogen) atoms. The van der Waals surface area contributed by atoms with Gasteiger partial charge in [0.05, 0.1) is 5.56 Å². The Morgan fingerprint density at radius 3 is 2.48 bits per heavy atom. The standard InChI is InChI=1S/C23H25BrN6O/c24-21(25)20-22(26)27-16-28-23(20)30-11-9-29(10-12-30)14-18-7-4-8-19(13-18)31-15-17-5-2-1-3-6-17/h1-8,13,16,25H,9-12,14-15H2,(H2,26,27,28). The summed E-state index contributed by atoms with van der Waals surface area (Å²) in [7, 11) is 0. The van der Waals surface area contributed by atoms with Gasteiger partial charge in [-0.2, -0.15) is 0 Å². The maximum atomic E-state index is 7.94. The largest absolute Gasteiger partial charge is 0.489 e. The van der Waals surface area contributed by atoms with Crippen molar-refractivity contribution in [2.24, 2.45) is 0 Å². The second-order valence-corrected chi connectivity index (χ2v) is 8.25. The fraction of sp³-hybridized carbons (Fsp3) is 0.261. The van der Waals surface area contributed by atoms with Crippen LogP contribution in [0.3, 0.4) is 0 Å². The first-order chi connectivity index (χ1) is 15.1. The van der Waals surface area contributed by atoms with E-state index in [0.717, 1.165) is 44.0 Å². The first-order valence-electron chi connectivity index (χ1n) is 10.2. The Labute approximate surface area is 190 Å². The highest BCUT2D eigenvalue weighted by atomic mass is 79.9. The van der Waals surface area contributed by atoms with Crippen LogP contribution in [0.15, 0.2) is 60.9 Å². The van der Waals surface area contributed by atoms with Gasteiger partial charge >= 0.3 is 0 Å². The summed E-state index contributed by atoms with van der Waals surface area (Å²) in [4.78, 5) is 13.0. The summed E-state index contributed by atoms with van der Waals surface area (Å²) in [5.41, 5.74) is 8.91. The van der Waals surface area contributed by atoms with Crippen molar-refractivity contribution in [2.75, 3.05) is 36.8 Å². The molecule has 0 spiro atoms. The number of ether oxygens (including phenoxy) is 1. The summed E-state index contributed by atoms with van der Waals surface area (Å²) >= 11 is 3.22. The molecule has 0 amide bonds. The molecule has 2 aromatic carbocycles. The van der Waals surface area contributed by atoms with Gasteiger partial charge in [0.15, 0.2) is 0 Å². The molecule has 0 saturated carbocycles. The Morgan fingerprint density at radius 1 is 1.00 bits per heavy atom. The van der Waals surface area contributed by atoms with E-state index in [1.165, 1.54) is 11.9 Å². The third-order valence-corrected chi connectivity index (χ3v) is 5.70. The number of nitrogens with zero attached hydrogens (tertiary/aromatic N) is 4. The maximum Gasteiger partial charge on any atom is 0.144 e. The Balaban J connectivity index is 1.34. The smallest absolute Gasteiger partial charge is 0.144 e. The van der Waals surface area contributed by atoms with Crippen molar-refractivity contribution in [3.8, 4) is 5.75 Å². The predicted molar refractivity (Wildman–Crippen MR) is 127 cm³/mol. The summed E-state index contributed by atoms with van der Waals surface area (Å²) < 4.78 is 6.17. The summed E-state index contributed by atoms with van der Waals surface area (Å²) in [6.45, 7) is 4.85. The van der Waals surface area contributed by atoms with Crippen LogP contribution in [0.5, 0.6) is 5.75 Å². The minimum Gasteiger partial charge on any atom is -0.489 e. The molecule has 0 bridgehead atoms. The first kappa shape index (κ1) is 21.3. The molecule has 2 heterocycles. The molecule has 0 atom stereocenters. The highest BCUT2D eigenvalue weighted by Gasteiger charge is 2.23. The molecule has 1 aliphatic heterocycles. The molecule has 1 aliphatic rings. The summed E-state index contributed by atoms with van der Waals surface area (Å²) in [6.07, 6.45) is 1.46. The zero-order chi connectivity index (χ0) is 21.6. The number of nitrogens with one attached hydrogen (secondary N) is 1. The molecule has 160 valence electrons. The monoisotopic (exact) mass is 480 g/mol. The lowest BCUT2D eigenvalue weighted by atomic mass is 10.1. The number of nitrogens with two attached hydrogens (primary N) is 1. The lowest BCUT2D eigenvalue weighted by Gasteiger charge is -2.36. The Bertz CT molecular complexity index is 1040. The molecule has 1 aromatic heterocycles. The van der Waals surface area contributed by atoms with Crippen molar-refractivity contribution in [2.45, 2.75) is 13.2 Å². The number of nitrogen functional groups attached to an aromatic ring is 1. The van der Waals surface area contributed by atoms with Crippen LogP contribution in [-0.2, 0) is 13.2 Å². The molecule has 3 N–H and O–H groups in total. The SMILES string of the molecule is N=C(Br)c1c(N)ncnc1N1CCN(Cc2cccc(OCc3ccccc3)c2)CC1. The number of benzene rings is 2. The number of aromatic nitrogens is 2. The fourth-order valence-corrected chi connectivity index (χ4v) is 4.07. The number of anilines is 2. The minimum atomic E-state index is 0.204. The zero-order valence-electron chi connectivity index (χ0n) is 17.2. The van der Waals surface area contributed by atoms with Crippen molar-refractivity contribution in [3.05, 3.63) is 77.6 Å². The van der Waals surface area contributed by atoms with Crippen molar-refractivity contribution in [1.29, 1.82) is 5.41 Å². The van der Waals surface area contributed by atoms with E-state index in [9.17, 15) is 0 Å². The van der Waals surface area contributed by atoms with Gasteiger partial charge in [-0.1, -0.05) is 42.5 Å². The van der Waals surface area contributed by atoms with E-state index in [1.54, 1.807) is 0 Å². The van der Waals surface area contributed by atoms with Gasteiger partial charge in [-0.05, 0) is 39.2 Å². The quantitative estimate of drug-likeness (QED) is 0.501. The van der Waals surface area contributed by atoms with Crippen LogP contribution >= 0.6 is 15.9 Å². The lowest BCUT2D eigenvalue weighted by Crippen LogP contribution is -2.46. The van der Waals surface area contributed by atoms with Gasteiger partial charge in [0.1, 0.15) is 34.9 Å². The fourth-order valence-electron chi connectivity index (χ4n) is 3.69. The van der Waals surface area contributed by atoms with E-state index < -0.39 is 0 Å².